The number of nitrogens with one attached hydrogen (secondary N) is 2. The van der Waals surface area contributed by atoms with Crippen molar-refractivity contribution >= 4 is 29.6 Å². The fraction of sp³-hybridized carbons (Fsp3) is 0.762. The third kappa shape index (κ3) is 3.43. The summed E-state index contributed by atoms with van der Waals surface area (Å²) in [6, 6.07) is 0.433. The minimum absolute atomic E-state index is 0.00886. The molecular weight excluding hydrogens is 418 g/mol. The zero-order chi connectivity index (χ0) is 21.9. The monoisotopic (exact) mass is 449 g/mol. The first-order valence-corrected chi connectivity index (χ1v) is 12.1. The Morgan fingerprint density at radius 1 is 1.35 bits per heavy atom. The molecule has 4 aliphatic heterocycles. The molecule has 0 aromatic rings. The first-order valence-electron chi connectivity index (χ1n) is 11.3. The number of carbonyl (C=O) groups excluding carboxylic acids is 1. The van der Waals surface area contributed by atoms with E-state index in [9.17, 15) is 14.7 Å². The average molecular weight is 450 g/mol. The number of carboxylic acids is 1. The highest BCUT2D eigenvalue weighted by Crippen LogP contribution is 2.58. The Morgan fingerprint density at radius 3 is 2.68 bits per heavy atom. The number of carbonyl (C=O) groups is 2. The molecule has 170 valence electrons. The number of ether oxygens (including phenoxy) is 1. The van der Waals surface area contributed by atoms with E-state index in [4.69, 9.17) is 15.9 Å². The Hall–Kier alpha value is -1.78. The Bertz CT molecular complexity index is 836. The number of carboxylic acid groups (broad SMARTS) is 1. The SMILES string of the molecule is CC1C(SC2CCN(C3CCC(CNC(=N)N)CC3)C2)=C(C(=O)O)N2C(=O)C3(CO3)C12. The van der Waals surface area contributed by atoms with Crippen molar-refractivity contribution in [2.24, 2.45) is 17.6 Å². The van der Waals surface area contributed by atoms with Crippen molar-refractivity contribution in [3.8, 4) is 0 Å². The number of nitrogens with two attached hydrogens (primary N) is 1. The summed E-state index contributed by atoms with van der Waals surface area (Å²) in [5, 5.41) is 20.4. The molecule has 5 aliphatic rings. The smallest absolute Gasteiger partial charge is 0.353 e. The van der Waals surface area contributed by atoms with Crippen LogP contribution in [0.4, 0.5) is 0 Å². The minimum atomic E-state index is -1.01. The summed E-state index contributed by atoms with van der Waals surface area (Å²) in [7, 11) is 0. The maximum absolute atomic E-state index is 12.5. The van der Waals surface area contributed by atoms with Gasteiger partial charge in [-0.3, -0.25) is 20.0 Å². The summed E-state index contributed by atoms with van der Waals surface area (Å²) in [6.07, 6.45) is 5.65. The van der Waals surface area contributed by atoms with Crippen molar-refractivity contribution in [3.05, 3.63) is 10.6 Å². The molecule has 0 radical (unpaired) electrons. The Morgan fingerprint density at radius 2 is 2.06 bits per heavy atom. The molecule has 4 fully saturated rings. The van der Waals surface area contributed by atoms with Crippen molar-refractivity contribution in [2.75, 3.05) is 26.2 Å². The van der Waals surface area contributed by atoms with Crippen LogP contribution in [-0.2, 0) is 14.3 Å². The van der Waals surface area contributed by atoms with E-state index in [0.717, 1.165) is 56.6 Å². The van der Waals surface area contributed by atoms with Crippen LogP contribution in [-0.4, -0.2) is 81.9 Å². The fourth-order valence-corrected chi connectivity index (χ4v) is 7.51. The van der Waals surface area contributed by atoms with Crippen LogP contribution in [0.2, 0.25) is 0 Å². The van der Waals surface area contributed by atoms with Gasteiger partial charge in [-0.2, -0.15) is 0 Å². The predicted molar refractivity (Wildman–Crippen MR) is 116 cm³/mol. The molecule has 1 saturated carbocycles. The van der Waals surface area contributed by atoms with E-state index in [1.54, 1.807) is 11.8 Å². The number of aliphatic carboxylic acids is 1. The standard InChI is InChI=1S/C21H31N5O4S/c1-11-16(15(18(27)28)26-17(11)21(10-30-21)19(26)29)31-14-6-7-25(9-14)13-4-2-12(3-5-13)8-24-20(22)23/h11-14,17H,2-10H2,1H3,(H,27,28)(H4,22,23,24). The molecule has 1 aliphatic carbocycles. The van der Waals surface area contributed by atoms with Gasteiger partial charge in [0.2, 0.25) is 0 Å². The summed E-state index contributed by atoms with van der Waals surface area (Å²) < 4.78 is 5.46. The number of hydrogen-bond acceptors (Lipinski definition) is 6. The molecule has 9 nitrogen and oxygen atoms in total. The molecule has 0 aromatic heterocycles. The van der Waals surface area contributed by atoms with E-state index in [1.807, 2.05) is 6.92 Å². The van der Waals surface area contributed by atoms with Crippen LogP contribution in [0.25, 0.3) is 0 Å². The van der Waals surface area contributed by atoms with E-state index >= 15 is 0 Å². The molecule has 1 spiro atoms. The maximum atomic E-state index is 12.5. The van der Waals surface area contributed by atoms with E-state index in [0.29, 0.717) is 23.8 Å². The number of β-lactam (4-membered cyclic amide) rings is 1. The first kappa shape index (κ1) is 21.1. The zero-order valence-corrected chi connectivity index (χ0v) is 18.6. The maximum Gasteiger partial charge on any atom is 0.353 e. The van der Waals surface area contributed by atoms with Gasteiger partial charge in [0.05, 0.1) is 12.6 Å². The number of rotatable bonds is 6. The van der Waals surface area contributed by atoms with Gasteiger partial charge in [0.25, 0.3) is 5.91 Å². The van der Waals surface area contributed by atoms with Gasteiger partial charge in [0.1, 0.15) is 5.70 Å². The van der Waals surface area contributed by atoms with Crippen molar-refractivity contribution in [3.63, 3.8) is 0 Å². The summed E-state index contributed by atoms with van der Waals surface area (Å²) in [4.78, 5) is 29.4. The molecule has 10 heteroatoms. The first-order chi connectivity index (χ1) is 14.8. The highest BCUT2D eigenvalue weighted by molar-refractivity contribution is 8.03. The van der Waals surface area contributed by atoms with Gasteiger partial charge in [-0.25, -0.2) is 4.79 Å². The van der Waals surface area contributed by atoms with E-state index in [2.05, 4.69) is 10.2 Å². The molecule has 3 saturated heterocycles. The fourth-order valence-electron chi connectivity index (χ4n) is 6.02. The van der Waals surface area contributed by atoms with Gasteiger partial charge < -0.3 is 20.9 Å². The Kier molecular flexibility index (Phi) is 5.22. The van der Waals surface area contributed by atoms with Gasteiger partial charge in [0.15, 0.2) is 11.6 Å². The van der Waals surface area contributed by atoms with Gasteiger partial charge in [-0.15, -0.1) is 11.8 Å². The second kappa shape index (κ2) is 7.67. The van der Waals surface area contributed by atoms with Gasteiger partial charge in [-0.1, -0.05) is 6.92 Å². The lowest BCUT2D eigenvalue weighted by atomic mass is 9.82. The molecule has 5 N–H and O–H groups in total. The number of epoxide rings is 1. The van der Waals surface area contributed by atoms with Crippen LogP contribution in [0.15, 0.2) is 10.6 Å². The normalized spacial score (nSPS) is 39.6. The predicted octanol–water partition coefficient (Wildman–Crippen LogP) is 0.761. The molecule has 4 heterocycles. The van der Waals surface area contributed by atoms with Crippen LogP contribution in [0.3, 0.4) is 0 Å². The quantitative estimate of drug-likeness (QED) is 0.202. The number of likely N-dealkylation sites (tertiary alicyclic amines) is 1. The zero-order valence-electron chi connectivity index (χ0n) is 17.8. The molecular formula is C21H31N5O4S. The van der Waals surface area contributed by atoms with Gasteiger partial charge in [0, 0.05) is 35.2 Å². The Balaban J connectivity index is 1.18. The van der Waals surface area contributed by atoms with Crippen LogP contribution >= 0.6 is 11.8 Å². The number of thioether (sulfide) groups is 1. The van der Waals surface area contributed by atoms with Crippen molar-refractivity contribution < 1.29 is 19.4 Å². The highest BCUT2D eigenvalue weighted by atomic mass is 32.2. The van der Waals surface area contributed by atoms with E-state index in [1.165, 1.54) is 4.90 Å². The molecule has 0 bridgehead atoms. The number of amides is 1. The molecule has 4 atom stereocenters. The van der Waals surface area contributed by atoms with Gasteiger partial charge in [-0.05, 0) is 44.6 Å². The topological polar surface area (TPSA) is 135 Å². The third-order valence-corrected chi connectivity index (χ3v) is 9.28. The van der Waals surface area contributed by atoms with Crippen LogP contribution in [0.5, 0.6) is 0 Å². The lowest BCUT2D eigenvalue weighted by molar-refractivity contribution is -0.158. The second-order valence-electron chi connectivity index (χ2n) is 9.60. The van der Waals surface area contributed by atoms with Gasteiger partial charge >= 0.3 is 5.97 Å². The summed E-state index contributed by atoms with van der Waals surface area (Å²) >= 11 is 1.68. The lowest BCUT2D eigenvalue weighted by Gasteiger charge is -2.43. The van der Waals surface area contributed by atoms with Crippen LogP contribution in [0, 0.1) is 17.2 Å². The lowest BCUT2D eigenvalue weighted by Crippen LogP contribution is -2.67. The van der Waals surface area contributed by atoms with Crippen LogP contribution < -0.4 is 11.1 Å². The number of fused-ring (bicyclic) bond motifs is 2. The molecule has 31 heavy (non-hydrogen) atoms. The van der Waals surface area contributed by atoms with Crippen molar-refractivity contribution in [2.45, 2.75) is 62.0 Å². The van der Waals surface area contributed by atoms with Crippen molar-refractivity contribution in [1.29, 1.82) is 5.41 Å². The van der Waals surface area contributed by atoms with E-state index in [-0.39, 0.29) is 29.5 Å². The summed E-state index contributed by atoms with van der Waals surface area (Å²) in [5.74, 6) is -0.554. The second-order valence-corrected chi connectivity index (χ2v) is 10.9. The summed E-state index contributed by atoms with van der Waals surface area (Å²) in [5.41, 5.74) is 4.85. The average Bonchev–Trinajstić information content (AvgIpc) is 3.37. The van der Waals surface area contributed by atoms with Crippen molar-refractivity contribution in [1.82, 2.24) is 15.1 Å². The summed E-state index contributed by atoms with van der Waals surface area (Å²) in [6.45, 7) is 5.25. The third-order valence-electron chi connectivity index (χ3n) is 7.74. The minimum Gasteiger partial charge on any atom is -0.477 e. The molecule has 0 aromatic carbocycles. The number of guanidine groups is 1. The molecule has 5 rings (SSSR count). The Labute approximate surface area is 186 Å². The van der Waals surface area contributed by atoms with E-state index < -0.39 is 11.6 Å². The number of hydrogen-bond donors (Lipinski definition) is 4. The molecule has 4 unspecified atom stereocenters. The number of nitrogens with zero attached hydrogens (tertiary/aromatic N) is 2. The largest absolute Gasteiger partial charge is 0.477 e. The molecule has 1 amide bonds. The van der Waals surface area contributed by atoms with Crippen LogP contribution in [0.1, 0.15) is 39.0 Å². The highest BCUT2D eigenvalue weighted by Gasteiger charge is 2.76.